The number of anilines is 1. The van der Waals surface area contributed by atoms with E-state index in [1.807, 2.05) is 65.6 Å². The van der Waals surface area contributed by atoms with Crippen molar-refractivity contribution in [1.82, 2.24) is 14.8 Å². The summed E-state index contributed by atoms with van der Waals surface area (Å²) in [5, 5.41) is 4.91. The van der Waals surface area contributed by atoms with Crippen LogP contribution in [0.5, 0.6) is 0 Å². The van der Waals surface area contributed by atoms with Crippen molar-refractivity contribution in [2.75, 3.05) is 18.0 Å². The molecule has 4 aromatic rings. The Morgan fingerprint density at radius 1 is 0.814 bits per heavy atom. The van der Waals surface area contributed by atoms with Crippen LogP contribution in [-0.4, -0.2) is 39.8 Å². The average molecular weight is 599 g/mol. The number of carbonyl (C=O) groups excluding carboxylic acids is 1. The third kappa shape index (κ3) is 5.77. The summed E-state index contributed by atoms with van der Waals surface area (Å²) in [6.07, 6.45) is -8.22. The maximum Gasteiger partial charge on any atom is 0.417 e. The maximum atomic E-state index is 14.5. The zero-order chi connectivity index (χ0) is 30.4. The topological polar surface area (TPSA) is 51.0 Å². The first-order valence-electron chi connectivity index (χ1n) is 14.1. The smallest absolute Gasteiger partial charge is 0.357 e. The lowest BCUT2D eigenvalue weighted by Crippen LogP contribution is -2.35. The lowest BCUT2D eigenvalue weighted by atomic mass is 9.79. The van der Waals surface area contributed by atoms with Crippen molar-refractivity contribution in [2.24, 2.45) is 0 Å². The molecule has 1 aliphatic heterocycles. The number of carbonyl (C=O) groups is 1. The highest BCUT2D eigenvalue weighted by Gasteiger charge is 2.49. The van der Waals surface area contributed by atoms with E-state index in [4.69, 9.17) is 5.10 Å². The van der Waals surface area contributed by atoms with Gasteiger partial charge in [-0.1, -0.05) is 60.7 Å². The second kappa shape index (κ2) is 11.2. The number of pyridine rings is 1. The lowest BCUT2D eigenvalue weighted by Gasteiger charge is -2.33. The van der Waals surface area contributed by atoms with Crippen molar-refractivity contribution in [2.45, 2.75) is 55.9 Å². The average Bonchev–Trinajstić information content (AvgIpc) is 3.36. The summed E-state index contributed by atoms with van der Waals surface area (Å²) in [5.41, 5.74) is 1.54. The summed E-state index contributed by atoms with van der Waals surface area (Å²) in [5.74, 6) is -2.38. The predicted molar refractivity (Wildman–Crippen MR) is 148 cm³/mol. The van der Waals surface area contributed by atoms with Crippen LogP contribution in [0.2, 0.25) is 0 Å². The quantitative estimate of drug-likeness (QED) is 0.224. The molecule has 1 atom stereocenters. The number of rotatable bonds is 5. The number of halogens is 6. The van der Waals surface area contributed by atoms with Crippen LogP contribution in [0.15, 0.2) is 79.0 Å². The first-order valence-corrected chi connectivity index (χ1v) is 14.1. The van der Waals surface area contributed by atoms with Gasteiger partial charge in [-0.25, -0.2) is 4.98 Å². The summed E-state index contributed by atoms with van der Waals surface area (Å²) in [7, 11) is 0. The van der Waals surface area contributed by atoms with E-state index in [1.54, 1.807) is 4.68 Å². The fourth-order valence-corrected chi connectivity index (χ4v) is 6.31. The molecule has 0 bridgehead atoms. The lowest BCUT2D eigenvalue weighted by molar-refractivity contribution is -0.158. The predicted octanol–water partition coefficient (Wildman–Crippen LogP) is 7.48. The minimum atomic E-state index is -4.63. The van der Waals surface area contributed by atoms with E-state index >= 15 is 0 Å². The van der Waals surface area contributed by atoms with Gasteiger partial charge in [0.2, 0.25) is 0 Å². The number of Topliss-reactive ketones (excluding diaryl/α,β-unsaturated/α-hetero) is 1. The van der Waals surface area contributed by atoms with Crippen molar-refractivity contribution in [3.63, 3.8) is 0 Å². The van der Waals surface area contributed by atoms with Crippen molar-refractivity contribution >= 4 is 11.6 Å². The zero-order valence-electron chi connectivity index (χ0n) is 22.9. The van der Waals surface area contributed by atoms with Crippen LogP contribution in [0.3, 0.4) is 0 Å². The van der Waals surface area contributed by atoms with Crippen LogP contribution in [-0.2, 0) is 17.4 Å². The van der Waals surface area contributed by atoms with Gasteiger partial charge in [-0.05, 0) is 36.1 Å². The number of ketones is 1. The minimum absolute atomic E-state index is 0.0927. The molecule has 6 rings (SSSR count). The Morgan fingerprint density at radius 2 is 1.42 bits per heavy atom. The number of hydrogen-bond donors (Lipinski definition) is 0. The van der Waals surface area contributed by atoms with E-state index in [0.717, 1.165) is 23.4 Å². The minimum Gasteiger partial charge on any atom is -0.357 e. The van der Waals surface area contributed by atoms with Crippen molar-refractivity contribution in [3.8, 4) is 0 Å². The molecule has 3 heterocycles. The van der Waals surface area contributed by atoms with E-state index in [2.05, 4.69) is 4.98 Å². The number of aromatic nitrogens is 3. The first-order chi connectivity index (χ1) is 20.5. The number of fused-ring (bicyclic) bond motifs is 1. The third-order valence-corrected chi connectivity index (χ3v) is 8.37. The molecular weight excluding hydrogens is 570 g/mol. The second-order valence-electron chi connectivity index (χ2n) is 11.1. The molecule has 1 aliphatic carbocycles. The molecule has 224 valence electrons. The molecule has 2 aliphatic rings. The number of benzene rings is 2. The second-order valence-corrected chi connectivity index (χ2v) is 11.1. The Bertz CT molecular complexity index is 1540. The van der Waals surface area contributed by atoms with E-state index in [9.17, 15) is 31.1 Å². The van der Waals surface area contributed by atoms with E-state index < -0.39 is 42.1 Å². The Kier molecular flexibility index (Phi) is 7.52. The molecule has 2 aromatic carbocycles. The van der Waals surface area contributed by atoms with Gasteiger partial charge in [0.05, 0.1) is 22.9 Å². The molecule has 11 heteroatoms. The Labute approximate surface area is 244 Å². The van der Waals surface area contributed by atoms with E-state index in [-0.39, 0.29) is 23.6 Å². The van der Waals surface area contributed by atoms with Gasteiger partial charge < -0.3 is 4.90 Å². The Hall–Kier alpha value is -4.15. The molecule has 0 radical (unpaired) electrons. The van der Waals surface area contributed by atoms with Gasteiger partial charge in [0.25, 0.3) is 0 Å². The number of piperidine rings is 1. The maximum absolute atomic E-state index is 14.5. The molecule has 0 N–H and O–H groups in total. The van der Waals surface area contributed by atoms with Gasteiger partial charge in [-0.2, -0.15) is 31.4 Å². The monoisotopic (exact) mass is 598 g/mol. The highest BCUT2D eigenvalue weighted by atomic mass is 19.4. The van der Waals surface area contributed by atoms with E-state index in [0.29, 0.717) is 37.4 Å². The van der Waals surface area contributed by atoms with E-state index in [1.165, 1.54) is 6.07 Å². The molecule has 1 fully saturated rings. The van der Waals surface area contributed by atoms with Gasteiger partial charge in [0.15, 0.2) is 0 Å². The molecular formula is C32H28F6N4O. The van der Waals surface area contributed by atoms with Crippen LogP contribution in [0.4, 0.5) is 32.2 Å². The molecule has 1 unspecified atom stereocenters. The summed E-state index contributed by atoms with van der Waals surface area (Å²) < 4.78 is 84.1. The van der Waals surface area contributed by atoms with Crippen molar-refractivity contribution in [1.29, 1.82) is 0 Å². The molecule has 1 saturated heterocycles. The Balaban J connectivity index is 1.39. The molecule has 0 spiro atoms. The molecule has 0 saturated carbocycles. The van der Waals surface area contributed by atoms with Crippen LogP contribution in [0.1, 0.15) is 70.8 Å². The van der Waals surface area contributed by atoms with Crippen molar-refractivity contribution < 1.29 is 31.1 Å². The number of nitrogens with zero attached hydrogens (tertiary/aromatic N) is 4. The SMILES string of the molecule is O=C1Cc2c(c(C3CCN(c4ccc(C(F)(F)F)cn4)CC3)nn2C(c2ccccc2)c2ccccc2)C(C(F)(F)F)C1. The standard InChI is InChI=1S/C32H28F6N4O/c33-31(34,35)23-11-12-27(39-19-23)41-15-13-20(14-16-41)29-28-25(32(36,37)38)17-24(43)18-26(28)42(40-29)30(21-7-3-1-4-8-21)22-9-5-2-6-10-22/h1-12,19-20,25,30H,13-18H2. The van der Waals surface area contributed by atoms with Gasteiger partial charge in [0, 0.05) is 43.6 Å². The first kappa shape index (κ1) is 28.9. The van der Waals surface area contributed by atoms with Crippen LogP contribution < -0.4 is 4.90 Å². The van der Waals surface area contributed by atoms with Gasteiger partial charge in [0.1, 0.15) is 17.6 Å². The Morgan fingerprint density at radius 3 is 1.93 bits per heavy atom. The molecule has 43 heavy (non-hydrogen) atoms. The summed E-state index contributed by atoms with van der Waals surface area (Å²) >= 11 is 0. The summed E-state index contributed by atoms with van der Waals surface area (Å²) in [6.45, 7) is 0.780. The summed E-state index contributed by atoms with van der Waals surface area (Å²) in [4.78, 5) is 18.6. The van der Waals surface area contributed by atoms with Crippen LogP contribution >= 0.6 is 0 Å². The summed E-state index contributed by atoms with van der Waals surface area (Å²) in [6, 6.07) is 20.5. The third-order valence-electron chi connectivity index (χ3n) is 8.37. The van der Waals surface area contributed by atoms with Gasteiger partial charge in [-0.3, -0.25) is 9.48 Å². The molecule has 5 nitrogen and oxygen atoms in total. The van der Waals surface area contributed by atoms with Gasteiger partial charge >= 0.3 is 12.4 Å². The van der Waals surface area contributed by atoms with Crippen LogP contribution in [0, 0.1) is 0 Å². The normalized spacial score (nSPS) is 18.3. The zero-order valence-corrected chi connectivity index (χ0v) is 22.9. The fraction of sp³-hybridized carbons (Fsp3) is 0.344. The van der Waals surface area contributed by atoms with Gasteiger partial charge in [-0.15, -0.1) is 0 Å². The largest absolute Gasteiger partial charge is 0.417 e. The highest BCUT2D eigenvalue weighted by Crippen LogP contribution is 2.48. The molecule has 2 aromatic heterocycles. The number of hydrogen-bond acceptors (Lipinski definition) is 4. The highest BCUT2D eigenvalue weighted by molar-refractivity contribution is 5.84. The van der Waals surface area contributed by atoms with Crippen LogP contribution in [0.25, 0.3) is 0 Å². The number of alkyl halides is 6. The van der Waals surface area contributed by atoms with Crippen molar-refractivity contribution in [3.05, 3.63) is 113 Å². The molecule has 0 amide bonds. The fourth-order valence-electron chi connectivity index (χ4n) is 6.31.